The predicted molar refractivity (Wildman–Crippen MR) is 130 cm³/mol. The third kappa shape index (κ3) is 2.45. The van der Waals surface area contributed by atoms with E-state index in [1.165, 1.54) is 32.1 Å². The Morgan fingerprint density at radius 3 is 2.18 bits per heavy atom. The number of aliphatic hydroxyl groups excluding tert-OH is 1. The zero-order chi connectivity index (χ0) is 23.8. The van der Waals surface area contributed by atoms with Crippen LogP contribution in [-0.4, -0.2) is 23.3 Å². The second-order valence-electron chi connectivity index (χ2n) is 15.5. The van der Waals surface area contributed by atoms with Gasteiger partial charge in [-0.05, 0) is 110 Å². The van der Waals surface area contributed by atoms with E-state index in [1.54, 1.807) is 0 Å². The summed E-state index contributed by atoms with van der Waals surface area (Å²) >= 11 is 0. The number of ether oxygens (including phenoxy) is 1. The van der Waals surface area contributed by atoms with Crippen LogP contribution in [0.15, 0.2) is 0 Å². The molecule has 3 heteroatoms. The molecule has 2 saturated heterocycles. The molecule has 7 fully saturated rings. The second kappa shape index (κ2) is 6.40. The summed E-state index contributed by atoms with van der Waals surface area (Å²) in [7, 11) is 0. The topological polar surface area (TPSA) is 46.5 Å². The van der Waals surface area contributed by atoms with Gasteiger partial charge < -0.3 is 9.84 Å². The number of fused-ring (bicyclic) bond motifs is 4. The summed E-state index contributed by atoms with van der Waals surface area (Å²) in [5.41, 5.74) is 0.699. The smallest absolute Gasteiger partial charge is 0.313 e. The highest BCUT2D eigenvalue weighted by atomic mass is 16.6. The van der Waals surface area contributed by atoms with Crippen molar-refractivity contribution in [2.24, 2.45) is 56.2 Å². The molecule has 2 heterocycles. The highest BCUT2D eigenvalue weighted by Crippen LogP contribution is 2.80. The van der Waals surface area contributed by atoms with Gasteiger partial charge >= 0.3 is 5.97 Å². The highest BCUT2D eigenvalue weighted by molar-refractivity contribution is 5.81. The van der Waals surface area contributed by atoms with Gasteiger partial charge in [0.1, 0.15) is 6.10 Å². The maximum Gasteiger partial charge on any atom is 0.313 e. The Bertz CT molecular complexity index is 880. The summed E-state index contributed by atoms with van der Waals surface area (Å²) in [6.45, 7) is 17.3. The number of carbonyl (C=O) groups is 1. The summed E-state index contributed by atoms with van der Waals surface area (Å²) in [5, 5.41) is 10.8. The number of hydrogen-bond donors (Lipinski definition) is 1. The first-order chi connectivity index (χ1) is 15.2. The molecule has 5 aliphatic carbocycles. The van der Waals surface area contributed by atoms with Gasteiger partial charge in [0, 0.05) is 5.41 Å². The minimum absolute atomic E-state index is 0.0399. The molecular weight excluding hydrogens is 408 g/mol. The van der Waals surface area contributed by atoms with Crippen LogP contribution in [0, 0.1) is 56.2 Å². The lowest BCUT2D eigenvalue weighted by Gasteiger charge is -2.77. The van der Waals surface area contributed by atoms with E-state index in [-0.39, 0.29) is 45.3 Å². The lowest BCUT2D eigenvalue weighted by molar-refractivity contribution is -0.321. The molecule has 0 aromatic heterocycles. The van der Waals surface area contributed by atoms with E-state index in [1.807, 2.05) is 0 Å². The van der Waals surface area contributed by atoms with Gasteiger partial charge in [-0.1, -0.05) is 48.5 Å². The molecule has 1 spiro atoms. The number of esters is 1. The first-order valence-corrected chi connectivity index (χ1v) is 14.1. The fourth-order valence-corrected chi connectivity index (χ4v) is 11.8. The Labute approximate surface area is 201 Å². The summed E-state index contributed by atoms with van der Waals surface area (Å²) < 4.78 is 6.35. The fraction of sp³-hybridized carbons (Fsp3) is 0.967. The maximum absolute atomic E-state index is 14.0. The molecule has 2 aliphatic heterocycles. The SMILES string of the molecule is C[C@H]1[C@@H](O)CC[C@@H]2[C@]1(C)CC[C@H]1[C@@]2(C)CC[C@]23C(=O)O[C@H](C[C@]12C)[C@@]1(C)CCC(C)(C)C[C@H]13. The van der Waals surface area contributed by atoms with E-state index < -0.39 is 0 Å². The molecule has 0 radical (unpaired) electrons. The Hall–Kier alpha value is -0.570. The molecule has 0 amide bonds. The number of carbonyl (C=O) groups excluding carboxylic acids is 1. The molecule has 7 rings (SSSR count). The van der Waals surface area contributed by atoms with Crippen molar-refractivity contribution in [3.05, 3.63) is 0 Å². The maximum atomic E-state index is 14.0. The van der Waals surface area contributed by atoms with E-state index in [4.69, 9.17) is 4.74 Å². The standard InChI is InChI=1S/C30H48O3/c1-18-19(31)8-9-20-26(18,4)11-10-21-27(20,5)14-15-30-22-16-25(2,3)12-13-28(22,6)23(33-24(30)32)17-29(21,30)7/h18-23,31H,8-17H2,1-7H3/t18-,19-,20+,21-,22+,23+,26+,27-,28-,29+,30-/m0/s1. The third-order valence-corrected chi connectivity index (χ3v) is 14.0. The molecule has 5 saturated carbocycles. The van der Waals surface area contributed by atoms with E-state index >= 15 is 0 Å². The van der Waals surface area contributed by atoms with Crippen molar-refractivity contribution in [3.63, 3.8) is 0 Å². The number of hydrogen-bond acceptors (Lipinski definition) is 3. The minimum atomic E-state index is -0.300. The van der Waals surface area contributed by atoms with E-state index in [0.29, 0.717) is 29.1 Å². The summed E-state index contributed by atoms with van der Waals surface area (Å²) in [4.78, 5) is 14.0. The molecule has 7 aliphatic rings. The van der Waals surface area contributed by atoms with E-state index in [0.717, 1.165) is 32.1 Å². The molecule has 11 atom stereocenters. The minimum Gasteiger partial charge on any atom is -0.461 e. The molecule has 33 heavy (non-hydrogen) atoms. The van der Waals surface area contributed by atoms with Crippen molar-refractivity contribution in [1.29, 1.82) is 0 Å². The lowest BCUT2D eigenvalue weighted by atomic mass is 9.28. The Kier molecular flexibility index (Phi) is 4.44. The summed E-state index contributed by atoms with van der Waals surface area (Å²) in [5.74, 6) is 2.24. The first-order valence-electron chi connectivity index (χ1n) is 14.1. The normalized spacial score (nSPS) is 61.3. The van der Waals surface area contributed by atoms with Crippen molar-refractivity contribution >= 4 is 5.97 Å². The Morgan fingerprint density at radius 1 is 0.758 bits per heavy atom. The van der Waals surface area contributed by atoms with Gasteiger partial charge in [0.2, 0.25) is 0 Å². The fourth-order valence-electron chi connectivity index (χ4n) is 11.8. The van der Waals surface area contributed by atoms with E-state index in [9.17, 15) is 9.90 Å². The molecule has 0 aromatic rings. The van der Waals surface area contributed by atoms with Crippen LogP contribution < -0.4 is 0 Å². The molecule has 2 bridgehead atoms. The number of aliphatic hydroxyl groups is 1. The van der Waals surface area contributed by atoms with Crippen LogP contribution in [0.5, 0.6) is 0 Å². The van der Waals surface area contributed by atoms with Crippen LogP contribution in [0.25, 0.3) is 0 Å². The highest BCUT2D eigenvalue weighted by Gasteiger charge is 2.79. The van der Waals surface area contributed by atoms with Crippen molar-refractivity contribution < 1.29 is 14.6 Å². The zero-order valence-corrected chi connectivity index (χ0v) is 22.3. The molecule has 3 nitrogen and oxygen atoms in total. The first kappa shape index (κ1) is 22.9. The van der Waals surface area contributed by atoms with Crippen LogP contribution in [0.4, 0.5) is 0 Å². The van der Waals surface area contributed by atoms with Gasteiger partial charge in [0.05, 0.1) is 11.5 Å². The van der Waals surface area contributed by atoms with Crippen molar-refractivity contribution in [1.82, 2.24) is 0 Å². The molecule has 186 valence electrons. The average Bonchev–Trinajstić information content (AvgIpc) is 2.72. The van der Waals surface area contributed by atoms with Crippen molar-refractivity contribution in [2.45, 2.75) is 125 Å². The van der Waals surface area contributed by atoms with E-state index in [2.05, 4.69) is 48.5 Å². The van der Waals surface area contributed by atoms with Gasteiger partial charge in [0.15, 0.2) is 0 Å². The van der Waals surface area contributed by atoms with Crippen LogP contribution >= 0.6 is 0 Å². The van der Waals surface area contributed by atoms with Crippen LogP contribution in [0.1, 0.15) is 113 Å². The molecular formula is C30H48O3. The average molecular weight is 457 g/mol. The zero-order valence-electron chi connectivity index (χ0n) is 22.3. The molecule has 0 unspecified atom stereocenters. The quantitative estimate of drug-likeness (QED) is 0.409. The summed E-state index contributed by atoms with van der Waals surface area (Å²) in [6, 6.07) is 0. The van der Waals surface area contributed by atoms with Gasteiger partial charge in [-0.25, -0.2) is 0 Å². The molecule has 1 N–H and O–H groups in total. The largest absolute Gasteiger partial charge is 0.461 e. The Morgan fingerprint density at radius 2 is 1.45 bits per heavy atom. The van der Waals surface area contributed by atoms with Gasteiger partial charge in [-0.15, -0.1) is 0 Å². The van der Waals surface area contributed by atoms with Crippen molar-refractivity contribution in [2.75, 3.05) is 0 Å². The lowest BCUT2D eigenvalue weighted by Crippen LogP contribution is -2.76. The summed E-state index contributed by atoms with van der Waals surface area (Å²) in [6.07, 6.45) is 11.4. The monoisotopic (exact) mass is 456 g/mol. The Balaban J connectivity index is 1.46. The van der Waals surface area contributed by atoms with Crippen molar-refractivity contribution in [3.8, 4) is 0 Å². The third-order valence-electron chi connectivity index (χ3n) is 14.0. The van der Waals surface area contributed by atoms with Gasteiger partial charge in [0.25, 0.3) is 0 Å². The van der Waals surface area contributed by atoms with Crippen LogP contribution in [0.3, 0.4) is 0 Å². The number of rotatable bonds is 0. The van der Waals surface area contributed by atoms with Crippen LogP contribution in [-0.2, 0) is 9.53 Å². The second-order valence-corrected chi connectivity index (χ2v) is 15.5. The predicted octanol–water partition coefficient (Wildman–Crippen LogP) is 6.76. The van der Waals surface area contributed by atoms with Gasteiger partial charge in [-0.3, -0.25) is 4.79 Å². The van der Waals surface area contributed by atoms with Gasteiger partial charge in [-0.2, -0.15) is 0 Å². The van der Waals surface area contributed by atoms with Crippen LogP contribution in [0.2, 0.25) is 0 Å². The molecule has 0 aromatic carbocycles.